The molecule has 1 fully saturated rings. The van der Waals surface area contributed by atoms with Crippen molar-refractivity contribution in [3.63, 3.8) is 0 Å². The summed E-state index contributed by atoms with van der Waals surface area (Å²) in [5, 5.41) is 8.93. The number of likely N-dealkylation sites (tertiary alicyclic amines) is 1. The summed E-state index contributed by atoms with van der Waals surface area (Å²) < 4.78 is 13.7. The van der Waals surface area contributed by atoms with Crippen LogP contribution in [-0.4, -0.2) is 46.8 Å². The molecule has 0 saturated carbocycles. The van der Waals surface area contributed by atoms with E-state index in [4.69, 9.17) is 20.3 Å². The zero-order valence-corrected chi connectivity index (χ0v) is 20.7. The van der Waals surface area contributed by atoms with Crippen LogP contribution in [0.25, 0.3) is 23.0 Å². The second-order valence-electron chi connectivity index (χ2n) is 9.15. The summed E-state index contributed by atoms with van der Waals surface area (Å²) in [6.07, 6.45) is 4.75. The molecule has 3 aromatic rings. The van der Waals surface area contributed by atoms with Crippen molar-refractivity contribution in [2.45, 2.75) is 45.8 Å². The Morgan fingerprint density at radius 1 is 1.29 bits per heavy atom. The molecular weight excluding hydrogens is 448 g/mol. The molecule has 7 nitrogen and oxygen atoms in total. The van der Waals surface area contributed by atoms with E-state index in [0.29, 0.717) is 18.8 Å². The van der Waals surface area contributed by atoms with E-state index in [9.17, 15) is 4.79 Å². The molecule has 1 atom stereocenters. The largest absolute Gasteiger partial charge is 0.496 e. The van der Waals surface area contributed by atoms with Gasteiger partial charge in [-0.3, -0.25) is 4.79 Å². The Hall–Kier alpha value is -3.10. The summed E-state index contributed by atoms with van der Waals surface area (Å²) in [6.45, 7) is 5.75. The highest BCUT2D eigenvalue weighted by Gasteiger charge is 2.33. The Morgan fingerprint density at radius 3 is 2.88 bits per heavy atom. The molecule has 178 valence electrons. The summed E-state index contributed by atoms with van der Waals surface area (Å²) in [7, 11) is 1.66. The van der Waals surface area contributed by atoms with Crippen LogP contribution in [0.15, 0.2) is 34.5 Å². The van der Waals surface area contributed by atoms with Gasteiger partial charge in [-0.05, 0) is 50.6 Å². The number of methoxy groups -OCH3 is 1. The monoisotopic (exact) mass is 478 g/mol. The number of carbonyl (C=O) groups excluding carboxylic acids is 1. The maximum absolute atomic E-state index is 13.7. The summed E-state index contributed by atoms with van der Waals surface area (Å²) in [5.74, 6) is 1.43. The quantitative estimate of drug-likeness (QED) is 0.578. The molecule has 1 saturated heterocycles. The lowest BCUT2D eigenvalue weighted by Gasteiger charge is -2.23. The van der Waals surface area contributed by atoms with Gasteiger partial charge in [-0.1, -0.05) is 11.6 Å². The molecule has 5 rings (SSSR count). The van der Waals surface area contributed by atoms with Gasteiger partial charge in [-0.25, -0.2) is 4.68 Å². The van der Waals surface area contributed by atoms with Crippen LogP contribution in [0.4, 0.5) is 0 Å². The van der Waals surface area contributed by atoms with Gasteiger partial charge < -0.3 is 20.1 Å². The van der Waals surface area contributed by atoms with Gasteiger partial charge in [0, 0.05) is 47.3 Å². The number of rotatable bonds is 4. The van der Waals surface area contributed by atoms with E-state index < -0.39 is 0 Å². The Balaban J connectivity index is 1.66. The molecule has 34 heavy (non-hydrogen) atoms. The van der Waals surface area contributed by atoms with Crippen molar-refractivity contribution >= 4 is 23.3 Å². The molecule has 0 bridgehead atoms. The minimum absolute atomic E-state index is 0.0515. The molecule has 4 heterocycles. The molecule has 1 aromatic carbocycles. The van der Waals surface area contributed by atoms with E-state index in [1.165, 1.54) is 0 Å². The highest BCUT2D eigenvalue weighted by molar-refractivity contribution is 7.08. The number of nitrogens with zero attached hydrogens (tertiary/aromatic N) is 3. The Bertz CT molecular complexity index is 1240. The van der Waals surface area contributed by atoms with E-state index >= 15 is 0 Å². The van der Waals surface area contributed by atoms with Gasteiger partial charge in [0.2, 0.25) is 0 Å². The second-order valence-corrected chi connectivity index (χ2v) is 9.93. The lowest BCUT2D eigenvalue weighted by atomic mass is 9.98. The van der Waals surface area contributed by atoms with E-state index in [2.05, 4.69) is 26.0 Å². The molecule has 0 radical (unpaired) electrons. The summed E-state index contributed by atoms with van der Waals surface area (Å²) >= 11 is 1.60. The van der Waals surface area contributed by atoms with Crippen LogP contribution in [0.2, 0.25) is 0 Å². The second kappa shape index (κ2) is 9.27. The standard InChI is InChI=1S/C26H30N4O3S/c1-16(2)11-17-12-20-23(13-22(17)32-3)33-14-21-24(26(31)29-8-4-5-18(27)6-9-29)28-30(25(20)21)19-7-10-34-15-19/h7,10-13,15,18H,4-6,8-9,14,27H2,1-3H3. The van der Waals surface area contributed by atoms with Crippen molar-refractivity contribution in [2.24, 2.45) is 5.73 Å². The van der Waals surface area contributed by atoms with Gasteiger partial charge in [0.15, 0.2) is 5.69 Å². The first-order valence-corrected chi connectivity index (χ1v) is 12.6. The van der Waals surface area contributed by atoms with Crippen molar-refractivity contribution in [2.75, 3.05) is 20.2 Å². The first-order valence-electron chi connectivity index (χ1n) is 11.7. The average molecular weight is 479 g/mol. The molecule has 1 unspecified atom stereocenters. The Kier molecular flexibility index (Phi) is 6.18. The molecule has 8 heteroatoms. The summed E-state index contributed by atoms with van der Waals surface area (Å²) in [4.78, 5) is 15.6. The number of carbonyl (C=O) groups is 1. The van der Waals surface area contributed by atoms with Crippen molar-refractivity contribution in [1.82, 2.24) is 14.7 Å². The van der Waals surface area contributed by atoms with Crippen LogP contribution in [0.3, 0.4) is 0 Å². The number of fused-ring (bicyclic) bond motifs is 3. The van der Waals surface area contributed by atoms with Gasteiger partial charge in [0.05, 0.1) is 18.5 Å². The third kappa shape index (κ3) is 4.12. The predicted molar refractivity (Wildman–Crippen MR) is 135 cm³/mol. The number of thiophene rings is 1. The van der Waals surface area contributed by atoms with Gasteiger partial charge in [-0.15, -0.1) is 0 Å². The lowest BCUT2D eigenvalue weighted by Crippen LogP contribution is -2.34. The molecular formula is C26H30N4O3S. The van der Waals surface area contributed by atoms with E-state index in [1.807, 2.05) is 32.5 Å². The van der Waals surface area contributed by atoms with Gasteiger partial charge in [0.1, 0.15) is 18.1 Å². The minimum atomic E-state index is -0.0515. The number of allylic oxidation sites excluding steroid dienone is 1. The van der Waals surface area contributed by atoms with Crippen molar-refractivity contribution in [1.29, 1.82) is 0 Å². The SMILES string of the molecule is COc1cc2c(cc1C=C(C)C)-c1c(c(C(=O)N3CCCC(N)CC3)nn1-c1ccsc1)CO2. The first-order chi connectivity index (χ1) is 16.5. The fourth-order valence-electron chi connectivity index (χ4n) is 4.71. The number of amides is 1. The molecule has 2 aromatic heterocycles. The van der Waals surface area contributed by atoms with Crippen molar-refractivity contribution in [3.8, 4) is 28.4 Å². The van der Waals surface area contributed by atoms with Crippen LogP contribution < -0.4 is 15.2 Å². The number of ether oxygens (including phenoxy) is 2. The molecule has 2 N–H and O–H groups in total. The average Bonchev–Trinajstić information content (AvgIpc) is 3.42. The fourth-order valence-corrected chi connectivity index (χ4v) is 5.32. The minimum Gasteiger partial charge on any atom is -0.496 e. The topological polar surface area (TPSA) is 82.6 Å². The number of hydrogen-bond acceptors (Lipinski definition) is 6. The van der Waals surface area contributed by atoms with Gasteiger partial charge >= 0.3 is 0 Å². The smallest absolute Gasteiger partial charge is 0.274 e. The van der Waals surface area contributed by atoms with Crippen LogP contribution in [-0.2, 0) is 6.61 Å². The Morgan fingerprint density at radius 2 is 2.15 bits per heavy atom. The maximum Gasteiger partial charge on any atom is 0.274 e. The van der Waals surface area contributed by atoms with Crippen molar-refractivity contribution < 1.29 is 14.3 Å². The fraction of sp³-hybridized carbons (Fsp3) is 0.385. The molecule has 0 aliphatic carbocycles. The zero-order chi connectivity index (χ0) is 23.8. The number of nitrogens with two attached hydrogens (primary N) is 1. The highest BCUT2D eigenvalue weighted by Crippen LogP contribution is 2.44. The third-order valence-electron chi connectivity index (χ3n) is 6.40. The lowest BCUT2D eigenvalue weighted by molar-refractivity contribution is 0.0752. The Labute approximate surface area is 203 Å². The van der Waals surface area contributed by atoms with E-state index in [1.54, 1.807) is 18.4 Å². The van der Waals surface area contributed by atoms with Gasteiger partial charge in [-0.2, -0.15) is 16.4 Å². The van der Waals surface area contributed by atoms with Crippen molar-refractivity contribution in [3.05, 3.63) is 51.4 Å². The van der Waals surface area contributed by atoms with E-state index in [0.717, 1.165) is 64.4 Å². The van der Waals surface area contributed by atoms with Gasteiger partial charge in [0.25, 0.3) is 5.91 Å². The summed E-state index contributed by atoms with van der Waals surface area (Å²) in [6, 6.07) is 6.17. The molecule has 2 aliphatic heterocycles. The molecule has 1 amide bonds. The normalized spacial score (nSPS) is 17.3. The van der Waals surface area contributed by atoms with Crippen LogP contribution in [0.5, 0.6) is 11.5 Å². The third-order valence-corrected chi connectivity index (χ3v) is 7.07. The molecule has 0 spiro atoms. The predicted octanol–water partition coefficient (Wildman–Crippen LogP) is 4.88. The highest BCUT2D eigenvalue weighted by atomic mass is 32.1. The van der Waals surface area contributed by atoms with Crippen LogP contribution in [0, 0.1) is 0 Å². The number of hydrogen-bond donors (Lipinski definition) is 1. The van der Waals surface area contributed by atoms with E-state index in [-0.39, 0.29) is 18.6 Å². The summed E-state index contributed by atoms with van der Waals surface area (Å²) in [5.41, 5.74) is 12.3. The van der Waals surface area contributed by atoms with Crippen LogP contribution >= 0.6 is 11.3 Å². The number of aromatic nitrogens is 2. The zero-order valence-electron chi connectivity index (χ0n) is 19.8. The number of benzene rings is 1. The first kappa shape index (κ1) is 22.7. The molecule has 2 aliphatic rings. The van der Waals surface area contributed by atoms with Crippen LogP contribution in [0.1, 0.15) is 54.7 Å². The maximum atomic E-state index is 13.7.